The van der Waals surface area contributed by atoms with Gasteiger partial charge in [0.05, 0.1) is 17.3 Å². The van der Waals surface area contributed by atoms with Gasteiger partial charge in [0.15, 0.2) is 5.82 Å². The first-order chi connectivity index (χ1) is 16.5. The second-order valence-electron chi connectivity index (χ2n) is 9.20. The number of likely N-dealkylation sites (tertiary alicyclic amines) is 2. The summed E-state index contributed by atoms with van der Waals surface area (Å²) in [5.74, 6) is 0.816. The third kappa shape index (κ3) is 5.39. The number of pyridine rings is 1. The van der Waals surface area contributed by atoms with Crippen molar-refractivity contribution < 1.29 is 18.0 Å². The summed E-state index contributed by atoms with van der Waals surface area (Å²) in [4.78, 5) is 25.6. The Balaban J connectivity index is 1.62. The van der Waals surface area contributed by atoms with E-state index in [9.17, 15) is 18.0 Å². The molecule has 2 aromatic heterocycles. The summed E-state index contributed by atoms with van der Waals surface area (Å²) in [6.07, 6.45) is -0.360. The van der Waals surface area contributed by atoms with Crippen LogP contribution in [0.3, 0.4) is 0 Å². The fourth-order valence-corrected chi connectivity index (χ4v) is 4.62. The van der Waals surface area contributed by atoms with Gasteiger partial charge in [0.1, 0.15) is 11.5 Å². The second kappa shape index (κ2) is 9.80. The normalized spacial score (nSPS) is 21.5. The van der Waals surface area contributed by atoms with E-state index in [0.717, 1.165) is 55.5 Å². The molecule has 35 heavy (non-hydrogen) atoms. The summed E-state index contributed by atoms with van der Waals surface area (Å²) in [6, 6.07) is 3.21. The summed E-state index contributed by atoms with van der Waals surface area (Å²) in [5, 5.41) is 4.61. The van der Waals surface area contributed by atoms with Crippen molar-refractivity contribution in [3.8, 4) is 0 Å². The average Bonchev–Trinajstić information content (AvgIpc) is 3.41. The zero-order chi connectivity index (χ0) is 25.3. The van der Waals surface area contributed by atoms with Gasteiger partial charge in [-0.25, -0.2) is 4.99 Å². The molecule has 2 fully saturated rings. The van der Waals surface area contributed by atoms with Crippen LogP contribution in [0.4, 0.5) is 19.0 Å². The number of hydrogen-bond acceptors (Lipinski definition) is 5. The van der Waals surface area contributed by atoms with E-state index in [0.29, 0.717) is 31.0 Å². The van der Waals surface area contributed by atoms with Crippen LogP contribution in [0, 0.1) is 0 Å². The fourth-order valence-electron chi connectivity index (χ4n) is 4.62. The first kappa shape index (κ1) is 24.9. The molecule has 188 valence electrons. The molecule has 0 aliphatic carbocycles. The van der Waals surface area contributed by atoms with E-state index >= 15 is 0 Å². The Hall–Kier alpha value is -3.21. The monoisotopic (exact) mass is 489 g/mol. The van der Waals surface area contributed by atoms with E-state index < -0.39 is 17.6 Å². The number of aliphatic imine (C=N–C) groups is 1. The molecule has 0 radical (unpaired) electrons. The van der Waals surface area contributed by atoms with Crippen molar-refractivity contribution in [2.24, 2.45) is 17.8 Å². The maximum atomic E-state index is 13.2. The number of nitrogens with zero attached hydrogens (tertiary/aromatic N) is 6. The minimum atomic E-state index is -4.55. The van der Waals surface area contributed by atoms with Gasteiger partial charge in [0, 0.05) is 45.0 Å². The topological polar surface area (TPSA) is 92.6 Å². The highest BCUT2D eigenvalue weighted by Gasteiger charge is 2.35. The highest BCUT2D eigenvalue weighted by Crippen LogP contribution is 2.34. The molecule has 8 nitrogen and oxygen atoms in total. The molecular weight excluding hydrogens is 459 g/mol. The molecule has 1 amide bonds. The third-order valence-corrected chi connectivity index (χ3v) is 6.41. The van der Waals surface area contributed by atoms with E-state index in [2.05, 4.69) is 21.6 Å². The zero-order valence-electron chi connectivity index (χ0n) is 19.9. The predicted octanol–water partition coefficient (Wildman–Crippen LogP) is 3.84. The molecule has 0 spiro atoms. The molecular formula is C24H30F3N7O. The molecule has 2 aliphatic rings. The average molecular weight is 490 g/mol. The number of aromatic nitrogens is 3. The number of amidine groups is 1. The van der Waals surface area contributed by atoms with Gasteiger partial charge in [-0.1, -0.05) is 6.58 Å². The van der Waals surface area contributed by atoms with Crippen molar-refractivity contribution >= 4 is 17.6 Å². The van der Waals surface area contributed by atoms with Gasteiger partial charge in [-0.2, -0.15) is 18.3 Å². The van der Waals surface area contributed by atoms with Crippen LogP contribution in [0.1, 0.15) is 60.4 Å². The Morgan fingerprint density at radius 3 is 2.66 bits per heavy atom. The van der Waals surface area contributed by atoms with Crippen LogP contribution in [0.15, 0.2) is 41.5 Å². The summed E-state index contributed by atoms with van der Waals surface area (Å²) in [6.45, 7) is 7.86. The van der Waals surface area contributed by atoms with Crippen molar-refractivity contribution in [3.05, 3.63) is 53.5 Å². The Morgan fingerprint density at radius 1 is 1.23 bits per heavy atom. The van der Waals surface area contributed by atoms with Crippen LogP contribution in [-0.4, -0.2) is 62.0 Å². The van der Waals surface area contributed by atoms with Crippen LogP contribution in [0.2, 0.25) is 0 Å². The van der Waals surface area contributed by atoms with Crippen LogP contribution in [0.5, 0.6) is 0 Å². The highest BCUT2D eigenvalue weighted by atomic mass is 19.4. The summed E-state index contributed by atoms with van der Waals surface area (Å²) >= 11 is 0. The van der Waals surface area contributed by atoms with Gasteiger partial charge in [-0.05, 0) is 50.3 Å². The molecule has 2 aromatic rings. The number of piperidine rings is 1. The number of amides is 1. The number of alkyl halides is 3. The molecule has 0 unspecified atom stereocenters. The van der Waals surface area contributed by atoms with Crippen LogP contribution < -0.4 is 5.73 Å². The lowest BCUT2D eigenvalue weighted by atomic mass is 9.98. The van der Waals surface area contributed by atoms with E-state index in [1.165, 1.54) is 0 Å². The number of nitrogens with two attached hydrogens (primary N) is 1. The zero-order valence-corrected chi connectivity index (χ0v) is 19.9. The number of carbonyl (C=O) groups excluding carboxylic acids is 1. The highest BCUT2D eigenvalue weighted by molar-refractivity contribution is 5.99. The van der Waals surface area contributed by atoms with Gasteiger partial charge < -0.3 is 15.5 Å². The number of aryl methyl sites for hydroxylation is 1. The molecule has 11 heteroatoms. The molecule has 0 aromatic carbocycles. The van der Waals surface area contributed by atoms with Crippen molar-refractivity contribution in [2.75, 3.05) is 19.6 Å². The predicted molar refractivity (Wildman–Crippen MR) is 126 cm³/mol. The fraction of sp³-hybridized carbons (Fsp3) is 0.500. The van der Waals surface area contributed by atoms with E-state index in [-0.39, 0.29) is 17.8 Å². The second-order valence-corrected chi connectivity index (χ2v) is 9.20. The summed E-state index contributed by atoms with van der Waals surface area (Å²) in [5.41, 5.74) is 6.40. The van der Waals surface area contributed by atoms with Crippen molar-refractivity contribution in [3.63, 3.8) is 0 Å². The molecule has 4 heterocycles. The third-order valence-electron chi connectivity index (χ3n) is 6.41. The maximum absolute atomic E-state index is 13.2. The standard InChI is InChI=1S/C24H30F3N7O/c1-15(2)22(33-11-8-17(28)14-33)30-21-13-18(31-32(21)3)20-6-4-5-10-34(20)23(35)19-12-16(7-9-29-19)24(25,26)27/h7,9,12-13,17,20H,1,4-6,8,10-11,14,28H2,2-3H3/t17-,20-/m0/s1. The molecule has 2 N–H and O–H groups in total. The lowest BCUT2D eigenvalue weighted by molar-refractivity contribution is -0.137. The van der Waals surface area contributed by atoms with Crippen molar-refractivity contribution in [1.29, 1.82) is 0 Å². The lowest BCUT2D eigenvalue weighted by Gasteiger charge is -2.34. The molecule has 0 saturated carbocycles. The molecule has 4 rings (SSSR count). The molecule has 2 saturated heterocycles. The largest absolute Gasteiger partial charge is 0.416 e. The Labute approximate surface area is 202 Å². The van der Waals surface area contributed by atoms with Gasteiger partial charge in [-0.3, -0.25) is 14.5 Å². The van der Waals surface area contributed by atoms with Crippen LogP contribution in [0.25, 0.3) is 0 Å². The van der Waals surface area contributed by atoms with Gasteiger partial charge in [-0.15, -0.1) is 0 Å². The van der Waals surface area contributed by atoms with Crippen LogP contribution >= 0.6 is 0 Å². The summed E-state index contributed by atoms with van der Waals surface area (Å²) in [7, 11) is 1.78. The Bertz CT molecular complexity index is 1140. The first-order valence-electron chi connectivity index (χ1n) is 11.7. The maximum Gasteiger partial charge on any atom is 0.416 e. The summed E-state index contributed by atoms with van der Waals surface area (Å²) < 4.78 is 41.1. The Morgan fingerprint density at radius 2 is 2.00 bits per heavy atom. The Kier molecular flexibility index (Phi) is 6.98. The van der Waals surface area contributed by atoms with Crippen LogP contribution in [-0.2, 0) is 13.2 Å². The molecule has 2 atom stereocenters. The first-order valence-corrected chi connectivity index (χ1v) is 11.7. The van der Waals surface area contributed by atoms with Gasteiger partial charge in [0.25, 0.3) is 5.91 Å². The lowest BCUT2D eigenvalue weighted by Crippen LogP contribution is -2.39. The van der Waals surface area contributed by atoms with Crippen molar-refractivity contribution in [1.82, 2.24) is 24.6 Å². The number of halogens is 3. The van der Waals surface area contributed by atoms with E-state index in [1.807, 2.05) is 13.0 Å². The van der Waals surface area contributed by atoms with Gasteiger partial charge >= 0.3 is 6.18 Å². The quantitative estimate of drug-likeness (QED) is 0.520. The van der Waals surface area contributed by atoms with E-state index in [1.54, 1.807) is 16.6 Å². The smallest absolute Gasteiger partial charge is 0.355 e. The van der Waals surface area contributed by atoms with Gasteiger partial charge in [0.2, 0.25) is 0 Å². The van der Waals surface area contributed by atoms with Crippen molar-refractivity contribution in [2.45, 2.75) is 50.9 Å². The molecule has 0 bridgehead atoms. The number of rotatable bonds is 4. The SMILES string of the molecule is C=C(C)C(=Nc1cc([C@@H]2CCCCN2C(=O)c2cc(C(F)(F)F)ccn2)nn1C)N1CC[C@H](N)C1. The van der Waals surface area contributed by atoms with E-state index in [4.69, 9.17) is 10.7 Å². The number of carbonyl (C=O) groups is 1. The minimum absolute atomic E-state index is 0.0907. The number of hydrogen-bond donors (Lipinski definition) is 1. The molecule has 2 aliphatic heterocycles. The minimum Gasteiger partial charge on any atom is -0.355 e.